The Morgan fingerprint density at radius 1 is 1.24 bits per heavy atom. The third-order valence-corrected chi connectivity index (χ3v) is 4.37. The number of H-pyrrole nitrogens is 1. The van der Waals surface area contributed by atoms with Crippen LogP contribution in [0, 0.1) is 0 Å². The molecule has 3 heterocycles. The van der Waals surface area contributed by atoms with Crippen LogP contribution in [0.25, 0.3) is 22.5 Å². The van der Waals surface area contributed by atoms with Crippen LogP contribution in [-0.2, 0) is 13.6 Å². The number of methoxy groups -OCH3 is 1. The lowest BCUT2D eigenvalue weighted by molar-refractivity contribution is 0.0945. The minimum Gasteiger partial charge on any atom is -0.496 e. The van der Waals surface area contributed by atoms with Crippen molar-refractivity contribution in [3.8, 4) is 28.3 Å². The first-order valence-electron chi connectivity index (χ1n) is 8.91. The molecule has 29 heavy (non-hydrogen) atoms. The van der Waals surface area contributed by atoms with Crippen molar-refractivity contribution in [2.75, 3.05) is 7.11 Å². The van der Waals surface area contributed by atoms with Gasteiger partial charge in [-0.15, -0.1) is 0 Å². The summed E-state index contributed by atoms with van der Waals surface area (Å²) in [5.41, 5.74) is 3.95. The summed E-state index contributed by atoms with van der Waals surface area (Å²) in [6, 6.07) is 9.18. The van der Waals surface area contributed by atoms with Crippen LogP contribution in [0.1, 0.15) is 16.2 Å². The maximum atomic E-state index is 12.6. The number of benzene rings is 1. The Morgan fingerprint density at radius 2 is 2.07 bits per heavy atom. The average molecular weight is 389 g/mol. The molecular formula is C20H19N7O2. The van der Waals surface area contributed by atoms with E-state index < -0.39 is 0 Å². The Hall–Kier alpha value is -4.01. The second-order valence-electron chi connectivity index (χ2n) is 6.30. The summed E-state index contributed by atoms with van der Waals surface area (Å²) in [5, 5.41) is 14.0. The van der Waals surface area contributed by atoms with Crippen LogP contribution >= 0.6 is 0 Å². The molecule has 1 aromatic carbocycles. The smallest absolute Gasteiger partial charge is 0.269 e. The molecule has 0 aliphatic heterocycles. The summed E-state index contributed by atoms with van der Waals surface area (Å²) >= 11 is 0. The zero-order chi connectivity index (χ0) is 20.2. The number of carbonyl (C=O) groups excluding carboxylic acids is 1. The van der Waals surface area contributed by atoms with Crippen LogP contribution < -0.4 is 10.1 Å². The van der Waals surface area contributed by atoms with Gasteiger partial charge in [-0.2, -0.15) is 10.2 Å². The topological polar surface area (TPSA) is 111 Å². The van der Waals surface area contributed by atoms with Crippen molar-refractivity contribution >= 4 is 5.91 Å². The average Bonchev–Trinajstić information content (AvgIpc) is 3.41. The lowest BCUT2D eigenvalue weighted by atomic mass is 10.1. The summed E-state index contributed by atoms with van der Waals surface area (Å²) in [6.45, 7) is 0.222. The van der Waals surface area contributed by atoms with Gasteiger partial charge in [-0.1, -0.05) is 12.1 Å². The monoisotopic (exact) mass is 389 g/mol. The predicted molar refractivity (Wildman–Crippen MR) is 106 cm³/mol. The quantitative estimate of drug-likeness (QED) is 0.523. The van der Waals surface area contributed by atoms with Gasteiger partial charge in [0.1, 0.15) is 11.4 Å². The maximum absolute atomic E-state index is 12.6. The number of carbonyl (C=O) groups is 1. The Kier molecular flexibility index (Phi) is 5.02. The summed E-state index contributed by atoms with van der Waals surface area (Å²) in [6.07, 6.45) is 6.77. The number of aromatic nitrogens is 6. The van der Waals surface area contributed by atoms with E-state index in [9.17, 15) is 4.79 Å². The minimum atomic E-state index is -0.290. The summed E-state index contributed by atoms with van der Waals surface area (Å²) in [5.74, 6) is 0.396. The van der Waals surface area contributed by atoms with Crippen molar-refractivity contribution in [2.45, 2.75) is 6.54 Å². The van der Waals surface area contributed by atoms with E-state index in [0.29, 0.717) is 28.5 Å². The highest BCUT2D eigenvalue weighted by Gasteiger charge is 2.15. The normalized spacial score (nSPS) is 10.7. The van der Waals surface area contributed by atoms with Crippen molar-refractivity contribution in [1.29, 1.82) is 0 Å². The van der Waals surface area contributed by atoms with Gasteiger partial charge in [0, 0.05) is 36.8 Å². The predicted octanol–water partition coefficient (Wildman–Crippen LogP) is 2.21. The fraction of sp³-hybridized carbons (Fsp3) is 0.150. The van der Waals surface area contributed by atoms with Gasteiger partial charge in [0.15, 0.2) is 0 Å². The van der Waals surface area contributed by atoms with Crippen molar-refractivity contribution in [3.63, 3.8) is 0 Å². The number of aryl methyl sites for hydroxylation is 1. The van der Waals surface area contributed by atoms with E-state index in [4.69, 9.17) is 4.74 Å². The Bertz CT molecular complexity index is 1150. The number of rotatable bonds is 6. The molecule has 0 aliphatic rings. The second-order valence-corrected chi connectivity index (χ2v) is 6.30. The molecule has 2 N–H and O–H groups in total. The van der Waals surface area contributed by atoms with Crippen molar-refractivity contribution in [2.24, 2.45) is 7.05 Å². The summed E-state index contributed by atoms with van der Waals surface area (Å²) in [7, 11) is 3.43. The van der Waals surface area contributed by atoms with Gasteiger partial charge in [0.2, 0.25) is 0 Å². The molecule has 146 valence electrons. The molecule has 0 saturated heterocycles. The SMILES string of the molecule is COc1ccccc1-c1cc(C(=O)NCc2nccnc2-c2cnn(C)c2)[nH]n1. The first-order chi connectivity index (χ1) is 14.2. The van der Waals surface area contributed by atoms with Crippen LogP contribution in [0.2, 0.25) is 0 Å². The molecule has 0 atom stereocenters. The van der Waals surface area contributed by atoms with Gasteiger partial charge < -0.3 is 10.1 Å². The van der Waals surface area contributed by atoms with Crippen molar-refractivity contribution in [3.05, 3.63) is 66.5 Å². The van der Waals surface area contributed by atoms with Gasteiger partial charge in [0.25, 0.3) is 5.91 Å². The second kappa shape index (κ2) is 7.93. The molecule has 9 nitrogen and oxygen atoms in total. The number of aromatic amines is 1. The van der Waals surface area contributed by atoms with Gasteiger partial charge >= 0.3 is 0 Å². The molecule has 4 rings (SSSR count). The van der Waals surface area contributed by atoms with Crippen LogP contribution in [0.15, 0.2) is 55.1 Å². The lowest BCUT2D eigenvalue weighted by Gasteiger charge is -2.07. The molecule has 0 spiro atoms. The number of amides is 1. The van der Waals surface area contributed by atoms with E-state index in [1.165, 1.54) is 0 Å². The molecule has 0 aliphatic carbocycles. The molecule has 0 bridgehead atoms. The van der Waals surface area contributed by atoms with Gasteiger partial charge in [-0.3, -0.25) is 24.5 Å². The highest BCUT2D eigenvalue weighted by molar-refractivity contribution is 5.93. The Balaban J connectivity index is 1.50. The molecule has 0 radical (unpaired) electrons. The third-order valence-electron chi connectivity index (χ3n) is 4.37. The first kappa shape index (κ1) is 18.4. The highest BCUT2D eigenvalue weighted by atomic mass is 16.5. The molecule has 4 aromatic rings. The van der Waals surface area contributed by atoms with Crippen LogP contribution in [-0.4, -0.2) is 43.0 Å². The lowest BCUT2D eigenvalue weighted by Crippen LogP contribution is -2.24. The summed E-state index contributed by atoms with van der Waals surface area (Å²) in [4.78, 5) is 21.3. The molecule has 9 heteroatoms. The number of ether oxygens (including phenoxy) is 1. The molecular weight excluding hydrogens is 370 g/mol. The van der Waals surface area contributed by atoms with E-state index in [2.05, 4.69) is 30.6 Å². The van der Waals surface area contributed by atoms with E-state index in [1.807, 2.05) is 37.5 Å². The third kappa shape index (κ3) is 3.84. The number of hydrogen-bond acceptors (Lipinski definition) is 6. The first-order valence-corrected chi connectivity index (χ1v) is 8.91. The minimum absolute atomic E-state index is 0.222. The van der Waals surface area contributed by atoms with E-state index in [1.54, 1.807) is 36.4 Å². The fourth-order valence-electron chi connectivity index (χ4n) is 2.97. The Labute approximate surface area is 166 Å². The molecule has 0 unspecified atom stereocenters. The molecule has 3 aromatic heterocycles. The molecule has 1 amide bonds. The van der Waals surface area contributed by atoms with Gasteiger partial charge in [0.05, 0.1) is 36.9 Å². The van der Waals surface area contributed by atoms with Crippen LogP contribution in [0.3, 0.4) is 0 Å². The van der Waals surface area contributed by atoms with E-state index >= 15 is 0 Å². The number of para-hydroxylation sites is 1. The zero-order valence-corrected chi connectivity index (χ0v) is 16.0. The fourth-order valence-corrected chi connectivity index (χ4v) is 2.97. The Morgan fingerprint density at radius 3 is 2.86 bits per heavy atom. The van der Waals surface area contributed by atoms with Crippen molar-refractivity contribution < 1.29 is 9.53 Å². The molecule has 0 saturated carbocycles. The van der Waals surface area contributed by atoms with Gasteiger partial charge in [-0.25, -0.2) is 0 Å². The largest absolute Gasteiger partial charge is 0.496 e. The summed E-state index contributed by atoms with van der Waals surface area (Å²) < 4.78 is 7.05. The van der Waals surface area contributed by atoms with E-state index in [0.717, 1.165) is 11.1 Å². The number of nitrogens with zero attached hydrogens (tertiary/aromatic N) is 5. The van der Waals surface area contributed by atoms with Crippen molar-refractivity contribution in [1.82, 2.24) is 35.3 Å². The zero-order valence-electron chi connectivity index (χ0n) is 16.0. The number of nitrogens with one attached hydrogen (secondary N) is 2. The van der Waals surface area contributed by atoms with Gasteiger partial charge in [-0.05, 0) is 18.2 Å². The molecule has 0 fully saturated rings. The van der Waals surface area contributed by atoms with E-state index in [-0.39, 0.29) is 12.5 Å². The number of hydrogen-bond donors (Lipinski definition) is 2. The highest BCUT2D eigenvalue weighted by Crippen LogP contribution is 2.28. The van der Waals surface area contributed by atoms with Crippen LogP contribution in [0.5, 0.6) is 5.75 Å². The van der Waals surface area contributed by atoms with Crippen LogP contribution in [0.4, 0.5) is 0 Å². The standard InChI is InChI=1S/C20H19N7O2/c1-27-12-13(10-24-27)19-17(21-7-8-22-19)11-23-20(28)16-9-15(25-26-16)14-5-3-4-6-18(14)29-2/h3-10,12H,11H2,1-2H3,(H,23,28)(H,25,26). The maximum Gasteiger partial charge on any atom is 0.269 e.